The molecule has 1 saturated carbocycles. The van der Waals surface area contributed by atoms with Gasteiger partial charge in [0.15, 0.2) is 11.6 Å². The number of aromatic nitrogens is 2. The van der Waals surface area contributed by atoms with Crippen LogP contribution in [0.2, 0.25) is 0 Å². The Bertz CT molecular complexity index is 1350. The number of hydrogen-bond donors (Lipinski definition) is 2. The molecule has 35 heavy (non-hydrogen) atoms. The van der Waals surface area contributed by atoms with Crippen LogP contribution in [-0.2, 0) is 13.1 Å². The highest BCUT2D eigenvalue weighted by atomic mass is 19.1. The van der Waals surface area contributed by atoms with E-state index in [9.17, 15) is 14.7 Å². The minimum Gasteiger partial charge on any atom is -0.492 e. The molecule has 5 rings (SSSR count). The Kier molecular flexibility index (Phi) is 6.16. The van der Waals surface area contributed by atoms with Crippen LogP contribution < -0.4 is 20.8 Å². The zero-order chi connectivity index (χ0) is 24.7. The van der Waals surface area contributed by atoms with Crippen molar-refractivity contribution in [2.75, 3.05) is 38.2 Å². The van der Waals surface area contributed by atoms with Crippen LogP contribution in [0.15, 0.2) is 35.3 Å². The van der Waals surface area contributed by atoms with Gasteiger partial charge < -0.3 is 25.0 Å². The van der Waals surface area contributed by atoms with Gasteiger partial charge in [0.05, 0.1) is 29.4 Å². The predicted molar refractivity (Wildman–Crippen MR) is 130 cm³/mol. The van der Waals surface area contributed by atoms with Gasteiger partial charge in [-0.1, -0.05) is 6.07 Å². The fourth-order valence-electron chi connectivity index (χ4n) is 4.81. The topological polar surface area (TPSA) is 114 Å². The molecule has 1 aliphatic carbocycles. The second-order valence-corrected chi connectivity index (χ2v) is 9.04. The van der Waals surface area contributed by atoms with E-state index in [-0.39, 0.29) is 22.7 Å². The summed E-state index contributed by atoms with van der Waals surface area (Å²) in [5.41, 5.74) is 7.18. The summed E-state index contributed by atoms with van der Waals surface area (Å²) in [5, 5.41) is 9.53. The van der Waals surface area contributed by atoms with E-state index >= 15 is 4.39 Å². The molecule has 0 bridgehead atoms. The number of benzene rings is 1. The zero-order valence-electron chi connectivity index (χ0n) is 19.5. The molecule has 1 aliphatic heterocycles. The maximum Gasteiger partial charge on any atom is 0.341 e. The average molecular weight is 482 g/mol. The van der Waals surface area contributed by atoms with Crippen molar-refractivity contribution in [3.8, 4) is 5.75 Å². The van der Waals surface area contributed by atoms with Crippen LogP contribution >= 0.6 is 0 Å². The Morgan fingerprint density at radius 2 is 1.94 bits per heavy atom. The monoisotopic (exact) mass is 481 g/mol. The largest absolute Gasteiger partial charge is 0.492 e. The van der Waals surface area contributed by atoms with Gasteiger partial charge in [0.2, 0.25) is 5.43 Å². The van der Waals surface area contributed by atoms with Crippen LogP contribution in [-0.4, -0.2) is 58.8 Å². The number of methoxy groups -OCH3 is 1. The van der Waals surface area contributed by atoms with Gasteiger partial charge in [-0.15, -0.1) is 0 Å². The lowest BCUT2D eigenvalue weighted by atomic mass is 10.1. The number of nitrogens with zero attached hydrogens (tertiary/aromatic N) is 4. The number of pyridine rings is 2. The lowest BCUT2D eigenvalue weighted by molar-refractivity contribution is 0.0694. The fraction of sp³-hybridized carbons (Fsp3) is 0.400. The Balaban J connectivity index is 1.47. The Labute approximate surface area is 201 Å². The number of halogens is 1. The van der Waals surface area contributed by atoms with Crippen LogP contribution in [0, 0.1) is 5.82 Å². The first-order valence-corrected chi connectivity index (χ1v) is 11.7. The van der Waals surface area contributed by atoms with Crippen LogP contribution in [0.4, 0.5) is 10.1 Å². The third-order valence-electron chi connectivity index (χ3n) is 6.72. The number of hydrogen-bond acceptors (Lipinski definition) is 7. The van der Waals surface area contributed by atoms with Crippen LogP contribution in [0.3, 0.4) is 0 Å². The molecule has 9 nitrogen and oxygen atoms in total. The molecule has 10 heteroatoms. The predicted octanol–water partition coefficient (Wildman–Crippen LogP) is 2.36. The summed E-state index contributed by atoms with van der Waals surface area (Å²) in [6.45, 7) is 3.60. The number of aromatic carboxylic acids is 1. The molecule has 0 atom stereocenters. The SMILES string of the molecule is COc1c(N2CCN(Cc3cccc(CN)n3)CC2)c(F)cc2c(=O)c(C(=O)O)cn(C3CC3)c12. The van der Waals surface area contributed by atoms with E-state index in [1.54, 1.807) is 4.57 Å². The number of nitrogens with two attached hydrogens (primary N) is 1. The van der Waals surface area contributed by atoms with Gasteiger partial charge in [0, 0.05) is 51.5 Å². The molecule has 3 aromatic rings. The van der Waals surface area contributed by atoms with E-state index in [4.69, 9.17) is 10.5 Å². The van der Waals surface area contributed by atoms with Crippen molar-refractivity contribution >= 4 is 22.6 Å². The van der Waals surface area contributed by atoms with E-state index in [0.717, 1.165) is 30.3 Å². The number of fused-ring (bicyclic) bond motifs is 1. The number of ether oxygens (including phenoxy) is 1. The molecule has 3 heterocycles. The first-order chi connectivity index (χ1) is 16.9. The van der Waals surface area contributed by atoms with Crippen LogP contribution in [0.25, 0.3) is 10.9 Å². The summed E-state index contributed by atoms with van der Waals surface area (Å²) >= 11 is 0. The molecule has 0 unspecified atom stereocenters. The van der Waals surface area contributed by atoms with Gasteiger partial charge in [-0.25, -0.2) is 9.18 Å². The van der Waals surface area contributed by atoms with E-state index in [2.05, 4.69) is 9.88 Å². The highest BCUT2D eigenvalue weighted by Crippen LogP contribution is 2.43. The van der Waals surface area contributed by atoms with Gasteiger partial charge in [0.25, 0.3) is 0 Å². The summed E-state index contributed by atoms with van der Waals surface area (Å²) in [7, 11) is 1.46. The quantitative estimate of drug-likeness (QED) is 0.529. The maximum absolute atomic E-state index is 15.5. The normalized spacial score (nSPS) is 16.6. The van der Waals surface area contributed by atoms with Crippen molar-refractivity contribution < 1.29 is 19.0 Å². The lowest BCUT2D eigenvalue weighted by Gasteiger charge is -2.37. The molecule has 1 saturated heterocycles. The molecule has 1 aromatic carbocycles. The van der Waals surface area contributed by atoms with Crippen molar-refractivity contribution in [2.45, 2.75) is 32.0 Å². The second-order valence-electron chi connectivity index (χ2n) is 9.04. The minimum absolute atomic E-state index is 0.0272. The average Bonchev–Trinajstić information content (AvgIpc) is 3.70. The third-order valence-corrected chi connectivity index (χ3v) is 6.72. The Morgan fingerprint density at radius 3 is 2.57 bits per heavy atom. The van der Waals surface area contributed by atoms with Crippen molar-refractivity contribution in [1.82, 2.24) is 14.5 Å². The summed E-state index contributed by atoms with van der Waals surface area (Å²) in [5.74, 6) is -1.65. The van der Waals surface area contributed by atoms with E-state index in [0.29, 0.717) is 50.5 Å². The summed E-state index contributed by atoms with van der Waals surface area (Å²) in [6.07, 6.45) is 3.10. The number of carboxylic acid groups (broad SMARTS) is 1. The van der Waals surface area contributed by atoms with Crippen molar-refractivity contribution in [3.05, 3.63) is 63.5 Å². The van der Waals surface area contributed by atoms with Crippen molar-refractivity contribution in [3.63, 3.8) is 0 Å². The van der Waals surface area contributed by atoms with Gasteiger partial charge in [-0.3, -0.25) is 14.7 Å². The number of carboxylic acids is 1. The molecule has 184 valence electrons. The number of rotatable bonds is 7. The van der Waals surface area contributed by atoms with E-state index in [1.807, 2.05) is 23.1 Å². The fourth-order valence-corrected chi connectivity index (χ4v) is 4.81. The highest BCUT2D eigenvalue weighted by Gasteiger charge is 2.32. The zero-order valence-corrected chi connectivity index (χ0v) is 19.5. The molecule has 3 N–H and O–H groups in total. The van der Waals surface area contributed by atoms with Crippen LogP contribution in [0.5, 0.6) is 5.75 Å². The van der Waals surface area contributed by atoms with Gasteiger partial charge in [-0.2, -0.15) is 0 Å². The highest BCUT2D eigenvalue weighted by molar-refractivity contribution is 5.97. The van der Waals surface area contributed by atoms with Gasteiger partial charge in [0.1, 0.15) is 11.3 Å². The van der Waals surface area contributed by atoms with Gasteiger partial charge in [-0.05, 0) is 31.0 Å². The van der Waals surface area contributed by atoms with Crippen molar-refractivity contribution in [2.24, 2.45) is 5.73 Å². The smallest absolute Gasteiger partial charge is 0.341 e. The molecule has 0 radical (unpaired) electrons. The molecule has 2 aliphatic rings. The standard InChI is InChI=1S/C25H28FN5O4/c1-35-24-21-18(23(32)19(25(33)34)14-31(21)17-5-6-17)11-20(26)22(24)30-9-7-29(8-10-30)13-16-4-2-3-15(12-27)28-16/h2-4,11,14,17H,5-10,12-13,27H2,1H3,(H,33,34). The van der Waals surface area contributed by atoms with Crippen LogP contribution in [0.1, 0.15) is 40.6 Å². The number of carbonyl (C=O) groups is 1. The summed E-state index contributed by atoms with van der Waals surface area (Å²) in [6, 6.07) is 7.05. The minimum atomic E-state index is -1.32. The van der Waals surface area contributed by atoms with Gasteiger partial charge >= 0.3 is 5.97 Å². The second kappa shape index (κ2) is 9.27. The number of piperazine rings is 1. The molecule has 2 fully saturated rings. The van der Waals surface area contributed by atoms with Crippen molar-refractivity contribution in [1.29, 1.82) is 0 Å². The number of anilines is 1. The summed E-state index contributed by atoms with van der Waals surface area (Å²) in [4.78, 5) is 33.3. The Hall–Kier alpha value is -3.50. The molecule has 0 amide bonds. The molecule has 0 spiro atoms. The Morgan fingerprint density at radius 1 is 1.23 bits per heavy atom. The summed E-state index contributed by atoms with van der Waals surface area (Å²) < 4.78 is 23.0. The molecule has 2 aromatic heterocycles. The molecular weight excluding hydrogens is 453 g/mol. The van der Waals surface area contributed by atoms with E-state index < -0.39 is 17.2 Å². The third kappa shape index (κ3) is 4.35. The first-order valence-electron chi connectivity index (χ1n) is 11.7. The lowest BCUT2D eigenvalue weighted by Crippen LogP contribution is -2.46. The first kappa shape index (κ1) is 23.3. The van der Waals surface area contributed by atoms with E-state index in [1.165, 1.54) is 13.3 Å². The maximum atomic E-state index is 15.5. The molecular formula is C25H28FN5O4.